The first-order valence-corrected chi connectivity index (χ1v) is 5.33. The fraction of sp³-hybridized carbons (Fsp3) is 0.143. The van der Waals surface area contributed by atoms with Gasteiger partial charge in [-0.25, -0.2) is 0 Å². The van der Waals surface area contributed by atoms with E-state index >= 15 is 0 Å². The Hall–Kier alpha value is -2.16. The Morgan fingerprint density at radius 1 is 0.765 bits per heavy atom. The van der Waals surface area contributed by atoms with E-state index in [0.29, 0.717) is 11.5 Å². The molecule has 0 aliphatic rings. The number of phenols is 2. The summed E-state index contributed by atoms with van der Waals surface area (Å²) in [7, 11) is 0. The van der Waals surface area contributed by atoms with Gasteiger partial charge >= 0.3 is 0 Å². The predicted molar refractivity (Wildman–Crippen MR) is 65.8 cm³/mol. The first-order valence-electron chi connectivity index (χ1n) is 5.33. The van der Waals surface area contributed by atoms with Crippen molar-refractivity contribution in [1.29, 1.82) is 0 Å². The lowest BCUT2D eigenvalue weighted by molar-refractivity contribution is 0.448. The van der Waals surface area contributed by atoms with Crippen molar-refractivity contribution in [3.63, 3.8) is 0 Å². The summed E-state index contributed by atoms with van der Waals surface area (Å²) in [5, 5.41) is 19.0. The Balaban J connectivity index is 2.25. The van der Waals surface area contributed by atoms with E-state index in [1.807, 2.05) is 6.92 Å². The van der Waals surface area contributed by atoms with Crippen LogP contribution in [0.5, 0.6) is 23.0 Å². The molecule has 0 heterocycles. The van der Waals surface area contributed by atoms with Gasteiger partial charge in [-0.15, -0.1) is 0 Å². The van der Waals surface area contributed by atoms with Crippen LogP contribution in [0.25, 0.3) is 0 Å². The molecule has 0 spiro atoms. The van der Waals surface area contributed by atoms with Gasteiger partial charge in [-0.3, -0.25) is 0 Å². The molecule has 17 heavy (non-hydrogen) atoms. The van der Waals surface area contributed by atoms with Gasteiger partial charge in [0.1, 0.15) is 23.0 Å². The van der Waals surface area contributed by atoms with Crippen molar-refractivity contribution in [1.82, 2.24) is 0 Å². The van der Waals surface area contributed by atoms with Crippen LogP contribution in [0.1, 0.15) is 11.1 Å². The molecule has 2 N–H and O–H groups in total. The molecule has 88 valence electrons. The van der Waals surface area contributed by atoms with Crippen molar-refractivity contribution in [2.24, 2.45) is 0 Å². The topological polar surface area (TPSA) is 49.7 Å². The van der Waals surface area contributed by atoms with E-state index in [1.165, 1.54) is 0 Å². The average Bonchev–Trinajstić information content (AvgIpc) is 2.29. The number of aromatic hydroxyl groups is 2. The molecule has 0 aromatic heterocycles. The minimum absolute atomic E-state index is 0.206. The molecular weight excluding hydrogens is 216 g/mol. The average molecular weight is 230 g/mol. The lowest BCUT2D eigenvalue weighted by atomic mass is 10.2. The maximum atomic E-state index is 9.56. The van der Waals surface area contributed by atoms with Crippen molar-refractivity contribution in [2.45, 2.75) is 13.8 Å². The largest absolute Gasteiger partial charge is 0.508 e. The summed E-state index contributed by atoms with van der Waals surface area (Å²) in [4.78, 5) is 0. The van der Waals surface area contributed by atoms with Crippen LogP contribution in [0.15, 0.2) is 36.4 Å². The maximum Gasteiger partial charge on any atom is 0.131 e. The highest BCUT2D eigenvalue weighted by Crippen LogP contribution is 2.29. The SMILES string of the molecule is Cc1cc(Oc2ccc(C)c(O)c2)ccc1O. The third-order valence-electron chi connectivity index (χ3n) is 2.58. The molecule has 0 radical (unpaired) electrons. The summed E-state index contributed by atoms with van der Waals surface area (Å²) >= 11 is 0. The van der Waals surface area contributed by atoms with E-state index in [4.69, 9.17) is 4.74 Å². The number of rotatable bonds is 2. The van der Waals surface area contributed by atoms with Gasteiger partial charge in [0.15, 0.2) is 0 Å². The second kappa shape index (κ2) is 4.37. The zero-order valence-electron chi connectivity index (χ0n) is 9.77. The fourth-order valence-corrected chi connectivity index (χ4v) is 1.48. The van der Waals surface area contributed by atoms with Crippen LogP contribution in [0.4, 0.5) is 0 Å². The van der Waals surface area contributed by atoms with Crippen LogP contribution < -0.4 is 4.74 Å². The fourth-order valence-electron chi connectivity index (χ4n) is 1.48. The van der Waals surface area contributed by atoms with Crippen molar-refractivity contribution in [3.8, 4) is 23.0 Å². The molecule has 0 saturated carbocycles. The lowest BCUT2D eigenvalue weighted by Crippen LogP contribution is -1.86. The molecule has 0 bridgehead atoms. The molecule has 3 nitrogen and oxygen atoms in total. The summed E-state index contributed by atoms with van der Waals surface area (Å²) in [6, 6.07) is 10.1. The minimum atomic E-state index is 0.206. The van der Waals surface area contributed by atoms with Gasteiger partial charge in [0, 0.05) is 6.07 Å². The predicted octanol–water partition coefficient (Wildman–Crippen LogP) is 3.51. The van der Waals surface area contributed by atoms with Crippen LogP contribution in [0, 0.1) is 13.8 Å². The molecule has 2 aromatic rings. The Morgan fingerprint density at radius 2 is 1.41 bits per heavy atom. The molecule has 0 saturated heterocycles. The van der Waals surface area contributed by atoms with Gasteiger partial charge in [-0.2, -0.15) is 0 Å². The smallest absolute Gasteiger partial charge is 0.131 e. The number of hydrogen-bond donors (Lipinski definition) is 2. The standard InChI is InChI=1S/C14H14O3/c1-9-3-4-12(8-14(9)16)17-11-5-6-13(15)10(2)7-11/h3-8,15-16H,1-2H3. The highest BCUT2D eigenvalue weighted by molar-refractivity contribution is 5.43. The first kappa shape index (κ1) is 11.3. The van der Waals surface area contributed by atoms with Crippen molar-refractivity contribution in [3.05, 3.63) is 47.5 Å². The Labute approximate surface area is 99.9 Å². The van der Waals surface area contributed by atoms with Crippen LogP contribution in [-0.2, 0) is 0 Å². The lowest BCUT2D eigenvalue weighted by Gasteiger charge is -2.08. The highest BCUT2D eigenvalue weighted by Gasteiger charge is 2.03. The second-order valence-corrected chi connectivity index (χ2v) is 4.00. The molecule has 0 aliphatic heterocycles. The summed E-state index contributed by atoms with van der Waals surface area (Å²) < 4.78 is 5.58. The normalized spacial score (nSPS) is 10.2. The molecule has 0 aliphatic carbocycles. The van der Waals surface area contributed by atoms with E-state index < -0.39 is 0 Å². The number of ether oxygens (including phenoxy) is 1. The van der Waals surface area contributed by atoms with Gasteiger partial charge in [-0.05, 0) is 49.2 Å². The van der Waals surface area contributed by atoms with Gasteiger partial charge in [0.25, 0.3) is 0 Å². The van der Waals surface area contributed by atoms with Gasteiger partial charge in [0.05, 0.1) is 0 Å². The van der Waals surface area contributed by atoms with Crippen LogP contribution in [0.2, 0.25) is 0 Å². The first-order chi connectivity index (χ1) is 8.06. The summed E-state index contributed by atoms with van der Waals surface area (Å²) in [6.45, 7) is 3.62. The molecule has 0 amide bonds. The highest BCUT2D eigenvalue weighted by atomic mass is 16.5. The van der Waals surface area contributed by atoms with Gasteiger partial charge < -0.3 is 14.9 Å². The quantitative estimate of drug-likeness (QED) is 0.830. The van der Waals surface area contributed by atoms with Crippen LogP contribution in [-0.4, -0.2) is 10.2 Å². The van der Waals surface area contributed by atoms with Crippen LogP contribution in [0.3, 0.4) is 0 Å². The van der Waals surface area contributed by atoms with Crippen molar-refractivity contribution >= 4 is 0 Å². The number of aryl methyl sites for hydroxylation is 2. The van der Waals surface area contributed by atoms with Crippen molar-refractivity contribution < 1.29 is 14.9 Å². The van der Waals surface area contributed by atoms with Crippen LogP contribution >= 0.6 is 0 Å². The summed E-state index contributed by atoms with van der Waals surface area (Å²) in [5.41, 5.74) is 1.55. The van der Waals surface area contributed by atoms with E-state index in [-0.39, 0.29) is 11.5 Å². The third kappa shape index (κ3) is 2.50. The van der Waals surface area contributed by atoms with E-state index in [1.54, 1.807) is 43.3 Å². The third-order valence-corrected chi connectivity index (χ3v) is 2.58. The minimum Gasteiger partial charge on any atom is -0.508 e. The second-order valence-electron chi connectivity index (χ2n) is 4.00. The number of phenolic OH excluding ortho intramolecular Hbond substituents is 2. The van der Waals surface area contributed by atoms with E-state index in [9.17, 15) is 10.2 Å². The molecule has 0 atom stereocenters. The van der Waals surface area contributed by atoms with Crippen molar-refractivity contribution in [2.75, 3.05) is 0 Å². The zero-order valence-corrected chi connectivity index (χ0v) is 9.77. The monoisotopic (exact) mass is 230 g/mol. The molecular formula is C14H14O3. The summed E-state index contributed by atoms with van der Waals surface area (Å²) in [6.07, 6.45) is 0. The molecule has 2 aromatic carbocycles. The summed E-state index contributed by atoms with van der Waals surface area (Å²) in [5.74, 6) is 1.64. The Kier molecular flexibility index (Phi) is 2.91. The van der Waals surface area contributed by atoms with E-state index in [0.717, 1.165) is 11.1 Å². The van der Waals surface area contributed by atoms with E-state index in [2.05, 4.69) is 0 Å². The number of hydrogen-bond acceptors (Lipinski definition) is 3. The zero-order chi connectivity index (χ0) is 12.4. The van der Waals surface area contributed by atoms with Gasteiger partial charge in [-0.1, -0.05) is 6.07 Å². The molecule has 2 rings (SSSR count). The van der Waals surface area contributed by atoms with Gasteiger partial charge in [0.2, 0.25) is 0 Å². The molecule has 3 heteroatoms. The number of benzene rings is 2. The Bertz CT molecular complexity index is 498. The Morgan fingerprint density at radius 3 is 2.06 bits per heavy atom. The molecule has 0 unspecified atom stereocenters. The maximum absolute atomic E-state index is 9.56. The molecule has 0 fully saturated rings.